The molecule has 0 saturated heterocycles. The van der Waals surface area contributed by atoms with Gasteiger partial charge < -0.3 is 20.7 Å². The molecular formula is C16H29N5O3. The van der Waals surface area contributed by atoms with Crippen molar-refractivity contribution in [3.63, 3.8) is 0 Å². The van der Waals surface area contributed by atoms with E-state index >= 15 is 0 Å². The van der Waals surface area contributed by atoms with Gasteiger partial charge in [-0.25, -0.2) is 4.79 Å². The third kappa shape index (κ3) is 7.85. The highest BCUT2D eigenvalue weighted by Gasteiger charge is 2.22. The van der Waals surface area contributed by atoms with Crippen LogP contribution in [0.15, 0.2) is 12.4 Å². The molecule has 1 aromatic heterocycles. The summed E-state index contributed by atoms with van der Waals surface area (Å²) in [6.45, 7) is 10.8. The predicted molar refractivity (Wildman–Crippen MR) is 92.8 cm³/mol. The third-order valence-corrected chi connectivity index (χ3v) is 3.10. The molecule has 0 bridgehead atoms. The highest BCUT2D eigenvalue weighted by atomic mass is 16.6. The van der Waals surface area contributed by atoms with Gasteiger partial charge >= 0.3 is 6.09 Å². The summed E-state index contributed by atoms with van der Waals surface area (Å²) in [5.74, 6) is -0.105. The molecule has 0 aliphatic heterocycles. The number of hydrogen-bond acceptors (Lipinski definition) is 5. The number of carbonyl (C=O) groups excluding carboxylic acids is 2. The fourth-order valence-electron chi connectivity index (χ4n) is 1.80. The van der Waals surface area contributed by atoms with Crippen LogP contribution in [0.3, 0.4) is 0 Å². The lowest BCUT2D eigenvalue weighted by molar-refractivity contribution is -0.121. The Morgan fingerprint density at radius 2 is 1.88 bits per heavy atom. The fraction of sp³-hybridized carbons (Fsp3) is 0.688. The van der Waals surface area contributed by atoms with Crippen molar-refractivity contribution in [3.8, 4) is 0 Å². The summed E-state index contributed by atoms with van der Waals surface area (Å²) < 4.78 is 6.79. The number of anilines is 1. The van der Waals surface area contributed by atoms with Crippen molar-refractivity contribution in [2.75, 3.05) is 25.5 Å². The molecule has 8 nitrogen and oxygen atoms in total. The van der Waals surface area contributed by atoms with Gasteiger partial charge in [0.05, 0.1) is 11.9 Å². The number of rotatable bonds is 7. The molecule has 0 spiro atoms. The minimum Gasteiger partial charge on any atom is -0.444 e. The zero-order valence-electron chi connectivity index (χ0n) is 15.4. The van der Waals surface area contributed by atoms with E-state index in [0.717, 1.165) is 5.69 Å². The van der Waals surface area contributed by atoms with Crippen molar-refractivity contribution >= 4 is 17.7 Å². The summed E-state index contributed by atoms with van der Waals surface area (Å²) in [5, 5.41) is 12.7. The van der Waals surface area contributed by atoms with Crippen LogP contribution in [0.2, 0.25) is 0 Å². The monoisotopic (exact) mass is 339 g/mol. The number of nitrogens with one attached hydrogen (secondary N) is 3. The molecule has 136 valence electrons. The van der Waals surface area contributed by atoms with E-state index in [1.165, 1.54) is 0 Å². The van der Waals surface area contributed by atoms with E-state index in [9.17, 15) is 9.59 Å². The first-order valence-electron chi connectivity index (χ1n) is 7.94. The van der Waals surface area contributed by atoms with Crippen LogP contribution in [-0.4, -0.2) is 47.5 Å². The van der Waals surface area contributed by atoms with Gasteiger partial charge in [-0.05, 0) is 26.2 Å². The zero-order chi connectivity index (χ0) is 18.4. The minimum absolute atomic E-state index is 0.105. The van der Waals surface area contributed by atoms with E-state index in [-0.39, 0.29) is 17.9 Å². The minimum atomic E-state index is -0.508. The average Bonchev–Trinajstić information content (AvgIpc) is 2.89. The van der Waals surface area contributed by atoms with Gasteiger partial charge in [0.1, 0.15) is 12.1 Å². The smallest absolute Gasteiger partial charge is 0.407 e. The number of likely N-dealkylation sites (N-methyl/N-ethyl adjacent to an activating group) is 1. The van der Waals surface area contributed by atoms with Crippen LogP contribution in [0.5, 0.6) is 0 Å². The lowest BCUT2D eigenvalue weighted by Gasteiger charge is -2.27. The Labute approximate surface area is 143 Å². The fourth-order valence-corrected chi connectivity index (χ4v) is 1.80. The number of carbonyl (C=O) groups is 2. The summed E-state index contributed by atoms with van der Waals surface area (Å²) in [7, 11) is 1.59. The van der Waals surface area contributed by atoms with E-state index in [4.69, 9.17) is 4.74 Å². The maximum Gasteiger partial charge on any atom is 0.407 e. The second-order valence-corrected chi connectivity index (χ2v) is 7.47. The summed E-state index contributed by atoms with van der Waals surface area (Å²) in [6, 6.07) is 0. The molecule has 0 atom stereocenters. The van der Waals surface area contributed by atoms with E-state index in [1.807, 2.05) is 34.6 Å². The number of amides is 2. The molecule has 0 radical (unpaired) electrons. The second-order valence-electron chi connectivity index (χ2n) is 7.47. The molecular weight excluding hydrogens is 310 g/mol. The summed E-state index contributed by atoms with van der Waals surface area (Å²) >= 11 is 0. The van der Waals surface area contributed by atoms with Crippen molar-refractivity contribution < 1.29 is 14.3 Å². The van der Waals surface area contributed by atoms with E-state index in [2.05, 4.69) is 21.0 Å². The Bertz CT molecular complexity index is 560. The standard InChI is InChI=1S/C16H29N5O3/c1-15(2,3)24-14(23)19-11-16(4,5)10-18-12-7-20-21(8-12)9-13(22)17-6/h7-8,18H,9-11H2,1-6H3,(H,17,22)(H,19,23). The second kappa shape index (κ2) is 8.03. The Kier molecular flexibility index (Phi) is 6.62. The summed E-state index contributed by atoms with van der Waals surface area (Å²) in [4.78, 5) is 23.0. The van der Waals surface area contributed by atoms with Crippen LogP contribution in [0.25, 0.3) is 0 Å². The first-order chi connectivity index (χ1) is 11.0. The van der Waals surface area contributed by atoms with Gasteiger partial charge in [0, 0.05) is 26.3 Å². The molecule has 24 heavy (non-hydrogen) atoms. The molecule has 0 aliphatic rings. The largest absolute Gasteiger partial charge is 0.444 e. The van der Waals surface area contributed by atoms with Gasteiger partial charge in [-0.2, -0.15) is 5.10 Å². The SMILES string of the molecule is CNC(=O)Cn1cc(NCC(C)(C)CNC(=O)OC(C)(C)C)cn1. The molecule has 3 N–H and O–H groups in total. The molecule has 0 aliphatic carbocycles. The normalized spacial score (nSPS) is 11.8. The molecule has 0 unspecified atom stereocenters. The summed E-state index contributed by atoms with van der Waals surface area (Å²) in [5.41, 5.74) is 0.135. The van der Waals surface area contributed by atoms with Crippen LogP contribution < -0.4 is 16.0 Å². The van der Waals surface area contributed by atoms with Crippen LogP contribution >= 0.6 is 0 Å². The van der Waals surface area contributed by atoms with Gasteiger partial charge in [0.25, 0.3) is 0 Å². The van der Waals surface area contributed by atoms with Gasteiger partial charge in [0.2, 0.25) is 5.91 Å². The highest BCUT2D eigenvalue weighted by Crippen LogP contribution is 2.16. The van der Waals surface area contributed by atoms with E-state index < -0.39 is 11.7 Å². The maximum atomic E-state index is 11.7. The molecule has 0 aromatic carbocycles. The molecule has 1 aromatic rings. The first-order valence-corrected chi connectivity index (χ1v) is 7.94. The Morgan fingerprint density at radius 1 is 1.21 bits per heavy atom. The molecule has 1 rings (SSSR count). The van der Waals surface area contributed by atoms with Crippen molar-refractivity contribution in [2.24, 2.45) is 5.41 Å². The topological polar surface area (TPSA) is 97.3 Å². The predicted octanol–water partition coefficient (Wildman–Crippen LogP) is 1.59. The van der Waals surface area contributed by atoms with Gasteiger partial charge in [-0.3, -0.25) is 9.48 Å². The Morgan fingerprint density at radius 3 is 2.46 bits per heavy atom. The molecule has 2 amide bonds. The average molecular weight is 339 g/mol. The Hall–Kier alpha value is -2.25. The van der Waals surface area contributed by atoms with Gasteiger partial charge in [0.15, 0.2) is 0 Å². The third-order valence-electron chi connectivity index (χ3n) is 3.10. The van der Waals surface area contributed by atoms with E-state index in [1.54, 1.807) is 24.1 Å². The molecule has 8 heteroatoms. The maximum absolute atomic E-state index is 11.7. The molecule has 1 heterocycles. The molecule has 0 fully saturated rings. The first kappa shape index (κ1) is 19.8. The van der Waals surface area contributed by atoms with Crippen molar-refractivity contribution in [3.05, 3.63) is 12.4 Å². The number of hydrogen-bond donors (Lipinski definition) is 3. The van der Waals surface area contributed by atoms with Crippen LogP contribution in [0.1, 0.15) is 34.6 Å². The highest BCUT2D eigenvalue weighted by molar-refractivity contribution is 5.75. The quantitative estimate of drug-likeness (QED) is 0.701. The van der Waals surface area contributed by atoms with Gasteiger partial charge in [-0.1, -0.05) is 13.8 Å². The van der Waals surface area contributed by atoms with Gasteiger partial charge in [-0.15, -0.1) is 0 Å². The lowest BCUT2D eigenvalue weighted by Crippen LogP contribution is -2.40. The Balaban J connectivity index is 2.42. The van der Waals surface area contributed by atoms with E-state index in [0.29, 0.717) is 13.1 Å². The molecule has 0 saturated carbocycles. The lowest BCUT2D eigenvalue weighted by atomic mass is 9.93. The van der Waals surface area contributed by atoms with Crippen molar-refractivity contribution in [1.29, 1.82) is 0 Å². The van der Waals surface area contributed by atoms with Crippen molar-refractivity contribution in [1.82, 2.24) is 20.4 Å². The van der Waals surface area contributed by atoms with Crippen LogP contribution in [0.4, 0.5) is 10.5 Å². The number of ether oxygens (including phenoxy) is 1. The number of aromatic nitrogens is 2. The summed E-state index contributed by atoms with van der Waals surface area (Å²) in [6.07, 6.45) is 3.02. The zero-order valence-corrected chi connectivity index (χ0v) is 15.4. The number of nitrogens with zero attached hydrogens (tertiary/aromatic N) is 2. The van der Waals surface area contributed by atoms with Crippen LogP contribution in [0, 0.1) is 5.41 Å². The van der Waals surface area contributed by atoms with Crippen LogP contribution in [-0.2, 0) is 16.1 Å². The van der Waals surface area contributed by atoms with Crippen molar-refractivity contribution in [2.45, 2.75) is 46.8 Å². The number of alkyl carbamates (subject to hydrolysis) is 1.